The van der Waals surface area contributed by atoms with Gasteiger partial charge in [-0.1, -0.05) is 11.6 Å². The van der Waals surface area contributed by atoms with Crippen LogP contribution in [0.25, 0.3) is 0 Å². The van der Waals surface area contributed by atoms with E-state index in [1.54, 1.807) is 6.07 Å². The molecular weight excluding hydrogens is 278 g/mol. The topological polar surface area (TPSA) is 64.6 Å². The van der Waals surface area contributed by atoms with Gasteiger partial charge in [-0.25, -0.2) is 13.1 Å². The van der Waals surface area contributed by atoms with Crippen molar-refractivity contribution in [2.45, 2.75) is 6.42 Å². The van der Waals surface area contributed by atoms with Gasteiger partial charge in [-0.3, -0.25) is 0 Å². The van der Waals surface area contributed by atoms with Crippen LogP contribution in [0.4, 0.5) is 0 Å². The minimum Gasteiger partial charge on any atom is -0.486 e. The summed E-state index contributed by atoms with van der Waals surface area (Å²) in [6.45, 7) is 1.31. The second-order valence-electron chi connectivity index (χ2n) is 4.02. The molecule has 0 atom stereocenters. The van der Waals surface area contributed by atoms with Crippen LogP contribution in [0.1, 0.15) is 5.56 Å². The van der Waals surface area contributed by atoms with E-state index in [4.69, 9.17) is 21.1 Å². The van der Waals surface area contributed by atoms with Crippen molar-refractivity contribution in [1.29, 1.82) is 0 Å². The van der Waals surface area contributed by atoms with Gasteiger partial charge < -0.3 is 9.47 Å². The average Bonchev–Trinajstić information content (AvgIpc) is 2.27. The summed E-state index contributed by atoms with van der Waals surface area (Å²) in [5.41, 5.74) is 0.903. The smallest absolute Gasteiger partial charge is 0.208 e. The van der Waals surface area contributed by atoms with Crippen molar-refractivity contribution in [3.63, 3.8) is 0 Å². The molecule has 0 aliphatic carbocycles. The number of ether oxygens (including phenoxy) is 2. The Morgan fingerprint density at radius 2 is 2.06 bits per heavy atom. The van der Waals surface area contributed by atoms with Crippen LogP contribution in [0.3, 0.4) is 0 Å². The van der Waals surface area contributed by atoms with Gasteiger partial charge in [0.1, 0.15) is 13.2 Å². The first-order valence-electron chi connectivity index (χ1n) is 5.48. The average molecular weight is 292 g/mol. The molecule has 0 radical (unpaired) electrons. The van der Waals surface area contributed by atoms with Gasteiger partial charge in [0.05, 0.1) is 11.3 Å². The minimum atomic E-state index is -3.16. The molecule has 18 heavy (non-hydrogen) atoms. The van der Waals surface area contributed by atoms with Crippen molar-refractivity contribution in [3.8, 4) is 11.5 Å². The monoisotopic (exact) mass is 291 g/mol. The fraction of sp³-hybridized carbons (Fsp3) is 0.455. The third kappa shape index (κ3) is 3.51. The number of sulfonamides is 1. The van der Waals surface area contributed by atoms with Crippen LogP contribution in [-0.4, -0.2) is 34.4 Å². The van der Waals surface area contributed by atoms with E-state index in [2.05, 4.69) is 4.72 Å². The van der Waals surface area contributed by atoms with E-state index >= 15 is 0 Å². The zero-order valence-electron chi connectivity index (χ0n) is 9.90. The first-order valence-corrected chi connectivity index (χ1v) is 7.75. The summed E-state index contributed by atoms with van der Waals surface area (Å²) in [6.07, 6.45) is 1.67. The van der Waals surface area contributed by atoms with Crippen LogP contribution >= 0.6 is 11.6 Å². The Morgan fingerprint density at radius 1 is 1.33 bits per heavy atom. The Morgan fingerprint density at radius 3 is 2.78 bits per heavy atom. The van der Waals surface area contributed by atoms with E-state index in [0.717, 1.165) is 11.8 Å². The molecule has 0 saturated carbocycles. The Labute approximate surface area is 111 Å². The van der Waals surface area contributed by atoms with Gasteiger partial charge in [-0.05, 0) is 24.1 Å². The zero-order valence-corrected chi connectivity index (χ0v) is 11.5. The highest BCUT2D eigenvalue weighted by molar-refractivity contribution is 7.88. The lowest BCUT2D eigenvalue weighted by Crippen LogP contribution is -2.24. The van der Waals surface area contributed by atoms with Gasteiger partial charge >= 0.3 is 0 Å². The van der Waals surface area contributed by atoms with E-state index in [9.17, 15) is 8.42 Å². The lowest BCUT2D eigenvalue weighted by atomic mass is 10.1. The second-order valence-corrected chi connectivity index (χ2v) is 6.26. The largest absolute Gasteiger partial charge is 0.486 e. The van der Waals surface area contributed by atoms with Gasteiger partial charge in [-0.2, -0.15) is 0 Å². The molecule has 0 amide bonds. The molecule has 1 aromatic carbocycles. The lowest BCUT2D eigenvalue weighted by Gasteiger charge is -2.20. The van der Waals surface area contributed by atoms with Crippen molar-refractivity contribution in [3.05, 3.63) is 22.7 Å². The molecule has 100 valence electrons. The number of nitrogens with one attached hydrogen (secondary N) is 1. The third-order valence-corrected chi connectivity index (χ3v) is 3.44. The summed E-state index contributed by atoms with van der Waals surface area (Å²) in [5.74, 6) is 1.17. The highest BCUT2D eigenvalue weighted by atomic mass is 35.5. The van der Waals surface area contributed by atoms with Gasteiger partial charge in [0.2, 0.25) is 10.0 Å². The summed E-state index contributed by atoms with van der Waals surface area (Å²) < 4.78 is 35.1. The zero-order chi connectivity index (χ0) is 13.2. The van der Waals surface area contributed by atoms with Crippen molar-refractivity contribution in [2.24, 2.45) is 0 Å². The molecule has 0 saturated heterocycles. The minimum absolute atomic E-state index is 0.328. The van der Waals surface area contributed by atoms with Crippen LogP contribution in [0, 0.1) is 0 Å². The first kappa shape index (κ1) is 13.5. The van der Waals surface area contributed by atoms with Crippen molar-refractivity contribution >= 4 is 21.6 Å². The molecule has 1 aliphatic rings. The molecule has 1 aliphatic heterocycles. The van der Waals surface area contributed by atoms with Gasteiger partial charge in [-0.15, -0.1) is 0 Å². The highest BCUT2D eigenvalue weighted by Gasteiger charge is 2.16. The number of fused-ring (bicyclic) bond motifs is 1. The van der Waals surface area contributed by atoms with E-state index in [1.807, 2.05) is 6.07 Å². The highest BCUT2D eigenvalue weighted by Crippen LogP contribution is 2.38. The first-order chi connectivity index (χ1) is 8.46. The second kappa shape index (κ2) is 5.34. The molecule has 1 aromatic rings. The van der Waals surface area contributed by atoms with Crippen molar-refractivity contribution in [2.75, 3.05) is 26.0 Å². The fourth-order valence-electron chi connectivity index (χ4n) is 1.69. The van der Waals surface area contributed by atoms with E-state index in [1.165, 1.54) is 0 Å². The fourth-order valence-corrected chi connectivity index (χ4v) is 2.45. The molecule has 0 aromatic heterocycles. The molecule has 0 fully saturated rings. The van der Waals surface area contributed by atoms with Gasteiger partial charge in [0, 0.05) is 6.54 Å². The summed E-state index contributed by atoms with van der Waals surface area (Å²) in [6, 6.07) is 3.59. The molecule has 1 N–H and O–H groups in total. The molecule has 5 nitrogen and oxygen atoms in total. The normalized spacial score (nSPS) is 14.6. The number of benzene rings is 1. The van der Waals surface area contributed by atoms with Crippen LogP contribution in [0.15, 0.2) is 12.1 Å². The molecule has 0 bridgehead atoms. The summed E-state index contributed by atoms with van der Waals surface area (Å²) in [5, 5.41) is 0.488. The molecular formula is C11H14ClNO4S. The molecule has 0 spiro atoms. The standard InChI is InChI=1S/C11H14ClNO4S/c1-18(14,15)13-3-2-8-6-9(12)11-10(7-8)16-4-5-17-11/h6-7,13H,2-5H2,1H3. The molecule has 1 heterocycles. The maximum Gasteiger partial charge on any atom is 0.208 e. The van der Waals surface area contributed by atoms with Gasteiger partial charge in [0.15, 0.2) is 11.5 Å². The summed E-state index contributed by atoms with van der Waals surface area (Å²) in [7, 11) is -3.16. The Balaban J connectivity index is 2.08. The predicted octanol–water partition coefficient (Wildman–Crippen LogP) is 1.20. The molecule has 0 unspecified atom stereocenters. The SMILES string of the molecule is CS(=O)(=O)NCCc1cc(Cl)c2c(c1)OCCO2. The van der Waals surface area contributed by atoms with E-state index in [-0.39, 0.29) is 0 Å². The Kier molecular flexibility index (Phi) is 3.99. The van der Waals surface area contributed by atoms with Gasteiger partial charge in [0.25, 0.3) is 0 Å². The molecule has 2 rings (SSSR count). The lowest BCUT2D eigenvalue weighted by molar-refractivity contribution is 0.171. The molecule has 7 heteroatoms. The number of rotatable bonds is 4. The predicted molar refractivity (Wildman–Crippen MR) is 69.0 cm³/mol. The van der Waals surface area contributed by atoms with Crippen molar-refractivity contribution < 1.29 is 17.9 Å². The maximum atomic E-state index is 10.9. The van der Waals surface area contributed by atoms with E-state index in [0.29, 0.717) is 42.7 Å². The van der Waals surface area contributed by atoms with Crippen molar-refractivity contribution in [1.82, 2.24) is 4.72 Å². The third-order valence-electron chi connectivity index (χ3n) is 2.43. The summed E-state index contributed by atoms with van der Waals surface area (Å²) >= 11 is 6.07. The van der Waals surface area contributed by atoms with Crippen LogP contribution in [-0.2, 0) is 16.4 Å². The quantitative estimate of drug-likeness (QED) is 0.905. The maximum absolute atomic E-state index is 10.9. The number of hydrogen-bond donors (Lipinski definition) is 1. The Hall–Kier alpha value is -0.980. The van der Waals surface area contributed by atoms with Crippen LogP contribution in [0.5, 0.6) is 11.5 Å². The van der Waals surface area contributed by atoms with E-state index < -0.39 is 10.0 Å². The number of hydrogen-bond acceptors (Lipinski definition) is 4. The van der Waals surface area contributed by atoms with Crippen LogP contribution in [0.2, 0.25) is 5.02 Å². The Bertz CT molecular complexity index is 544. The summed E-state index contributed by atoms with van der Waals surface area (Å²) in [4.78, 5) is 0. The number of halogens is 1. The van der Waals surface area contributed by atoms with Crippen LogP contribution < -0.4 is 14.2 Å².